The minimum atomic E-state index is -0.335. The first-order chi connectivity index (χ1) is 14.0. The molecule has 0 heterocycles. The molecule has 0 aliphatic rings. The van der Waals surface area contributed by atoms with Crippen LogP contribution in [0.5, 0.6) is 5.75 Å². The van der Waals surface area contributed by atoms with E-state index in [9.17, 15) is 9.59 Å². The third kappa shape index (κ3) is 7.52. The van der Waals surface area contributed by atoms with Crippen molar-refractivity contribution in [2.75, 3.05) is 32.2 Å². The quantitative estimate of drug-likeness (QED) is 0.431. The summed E-state index contributed by atoms with van der Waals surface area (Å²) < 4.78 is 10.4. The normalized spacial score (nSPS) is 10.1. The molecule has 8 heteroatoms. The molecule has 0 unspecified atom stereocenters. The third-order valence-electron chi connectivity index (χ3n) is 3.79. The summed E-state index contributed by atoms with van der Waals surface area (Å²) in [6, 6.07) is 13.7. The van der Waals surface area contributed by atoms with Gasteiger partial charge in [-0.25, -0.2) is 0 Å². The van der Waals surface area contributed by atoms with Crippen molar-refractivity contribution in [1.82, 2.24) is 10.6 Å². The van der Waals surface area contributed by atoms with E-state index in [1.165, 1.54) is 0 Å². The third-order valence-corrected chi connectivity index (χ3v) is 4.00. The molecule has 0 aliphatic carbocycles. The van der Waals surface area contributed by atoms with E-state index in [0.717, 1.165) is 6.42 Å². The van der Waals surface area contributed by atoms with Gasteiger partial charge in [-0.05, 0) is 61.1 Å². The summed E-state index contributed by atoms with van der Waals surface area (Å²) in [6.45, 7) is 3.50. The van der Waals surface area contributed by atoms with Crippen LogP contribution in [-0.4, -0.2) is 43.8 Å². The fraction of sp³-hybridized carbons (Fsp3) is 0.286. The van der Waals surface area contributed by atoms with Crippen molar-refractivity contribution in [2.24, 2.45) is 0 Å². The van der Waals surface area contributed by atoms with E-state index in [0.29, 0.717) is 42.3 Å². The topological polar surface area (TPSA) is 88.7 Å². The molecule has 2 aromatic rings. The minimum absolute atomic E-state index is 0.159. The van der Waals surface area contributed by atoms with Crippen LogP contribution in [0.1, 0.15) is 34.1 Å². The van der Waals surface area contributed by atoms with Crippen LogP contribution in [0.15, 0.2) is 48.5 Å². The number of rotatable bonds is 9. The lowest BCUT2D eigenvalue weighted by molar-refractivity contribution is 0.0935. The molecule has 0 atom stereocenters. The van der Waals surface area contributed by atoms with E-state index in [2.05, 4.69) is 16.0 Å². The molecule has 29 heavy (non-hydrogen) atoms. The maximum atomic E-state index is 12.4. The van der Waals surface area contributed by atoms with Gasteiger partial charge in [-0.1, -0.05) is 13.0 Å². The Hall–Kier alpha value is -2.97. The van der Waals surface area contributed by atoms with Gasteiger partial charge in [0.25, 0.3) is 11.8 Å². The van der Waals surface area contributed by atoms with E-state index in [1.807, 2.05) is 6.92 Å². The molecule has 0 aromatic heterocycles. The molecular weight excluding hydrogens is 390 g/mol. The molecule has 154 valence electrons. The van der Waals surface area contributed by atoms with E-state index in [1.54, 1.807) is 55.6 Å². The van der Waals surface area contributed by atoms with Crippen molar-refractivity contribution < 1.29 is 19.1 Å². The van der Waals surface area contributed by atoms with Crippen molar-refractivity contribution in [3.63, 3.8) is 0 Å². The summed E-state index contributed by atoms with van der Waals surface area (Å²) in [4.78, 5) is 24.4. The second-order valence-corrected chi connectivity index (χ2v) is 6.52. The second kappa shape index (κ2) is 11.8. The van der Waals surface area contributed by atoms with Crippen LogP contribution in [0, 0.1) is 0 Å². The largest absolute Gasteiger partial charge is 0.494 e. The zero-order valence-corrected chi connectivity index (χ0v) is 17.3. The Bertz CT molecular complexity index is 840. The maximum Gasteiger partial charge on any atom is 0.257 e. The number of carbonyl (C=O) groups excluding carboxylic acids is 2. The highest BCUT2D eigenvalue weighted by Crippen LogP contribution is 2.14. The highest BCUT2D eigenvalue weighted by molar-refractivity contribution is 7.80. The van der Waals surface area contributed by atoms with E-state index in [4.69, 9.17) is 21.7 Å². The molecule has 0 saturated carbocycles. The fourth-order valence-electron chi connectivity index (χ4n) is 2.36. The summed E-state index contributed by atoms with van der Waals surface area (Å²) in [5.74, 6) is 0.117. The van der Waals surface area contributed by atoms with Gasteiger partial charge in [0.15, 0.2) is 5.11 Å². The van der Waals surface area contributed by atoms with Crippen LogP contribution < -0.4 is 20.7 Å². The van der Waals surface area contributed by atoms with Crippen molar-refractivity contribution in [1.29, 1.82) is 0 Å². The van der Waals surface area contributed by atoms with E-state index < -0.39 is 0 Å². The number of thiocarbonyl (C=S) groups is 1. The Balaban J connectivity index is 1.88. The van der Waals surface area contributed by atoms with Crippen LogP contribution in [0.4, 0.5) is 5.69 Å². The Kier molecular flexibility index (Phi) is 9.07. The Morgan fingerprint density at radius 2 is 1.76 bits per heavy atom. The lowest BCUT2D eigenvalue weighted by Crippen LogP contribution is -2.34. The number of methoxy groups -OCH3 is 1. The van der Waals surface area contributed by atoms with Gasteiger partial charge in [0.1, 0.15) is 5.75 Å². The molecule has 3 N–H and O–H groups in total. The molecule has 2 aromatic carbocycles. The van der Waals surface area contributed by atoms with E-state index >= 15 is 0 Å². The number of hydrogen-bond donors (Lipinski definition) is 3. The van der Waals surface area contributed by atoms with Crippen molar-refractivity contribution >= 4 is 34.8 Å². The number of ether oxygens (including phenoxy) is 2. The van der Waals surface area contributed by atoms with Crippen molar-refractivity contribution in [3.05, 3.63) is 59.7 Å². The Morgan fingerprint density at radius 1 is 1.00 bits per heavy atom. The zero-order chi connectivity index (χ0) is 21.1. The van der Waals surface area contributed by atoms with Gasteiger partial charge >= 0.3 is 0 Å². The SMILES string of the molecule is CCCOc1cccc(C(=O)NC(=S)Nc2ccc(C(=O)NCCOC)cc2)c1. The molecule has 0 fully saturated rings. The first-order valence-electron chi connectivity index (χ1n) is 9.26. The Morgan fingerprint density at radius 3 is 2.45 bits per heavy atom. The number of benzene rings is 2. The average Bonchev–Trinajstić information content (AvgIpc) is 2.73. The monoisotopic (exact) mass is 415 g/mol. The van der Waals surface area contributed by atoms with Crippen molar-refractivity contribution in [3.8, 4) is 5.75 Å². The molecule has 0 bridgehead atoms. The highest BCUT2D eigenvalue weighted by atomic mass is 32.1. The first-order valence-corrected chi connectivity index (χ1v) is 9.66. The molecule has 0 radical (unpaired) electrons. The van der Waals surface area contributed by atoms with Gasteiger partial charge in [-0.15, -0.1) is 0 Å². The summed E-state index contributed by atoms with van der Waals surface area (Å²) in [6.07, 6.45) is 0.887. The molecule has 0 saturated heterocycles. The molecular formula is C21H25N3O4S. The number of amides is 2. The molecule has 0 spiro atoms. The molecule has 2 amide bonds. The average molecular weight is 416 g/mol. The van der Waals surface area contributed by atoms with Crippen LogP contribution >= 0.6 is 12.2 Å². The highest BCUT2D eigenvalue weighted by Gasteiger charge is 2.10. The second-order valence-electron chi connectivity index (χ2n) is 6.11. The van der Waals surface area contributed by atoms with Gasteiger partial charge < -0.3 is 20.1 Å². The van der Waals surface area contributed by atoms with Gasteiger partial charge in [0, 0.05) is 30.5 Å². The Labute approximate surface area is 175 Å². The van der Waals surface area contributed by atoms with Gasteiger partial charge in [0.05, 0.1) is 13.2 Å². The van der Waals surface area contributed by atoms with Crippen LogP contribution in [0.2, 0.25) is 0 Å². The van der Waals surface area contributed by atoms with Gasteiger partial charge in [-0.3, -0.25) is 14.9 Å². The first kappa shape index (κ1) is 22.3. The predicted octanol–water partition coefficient (Wildman–Crippen LogP) is 2.98. The standard InChI is InChI=1S/C21H25N3O4S/c1-3-12-28-18-6-4-5-16(14-18)20(26)24-21(29)23-17-9-7-15(8-10-17)19(25)22-11-13-27-2/h4-10,14H,3,11-13H2,1-2H3,(H,22,25)(H2,23,24,26,29). The number of anilines is 1. The summed E-state index contributed by atoms with van der Waals surface area (Å²) in [7, 11) is 1.57. The fourth-order valence-corrected chi connectivity index (χ4v) is 2.57. The summed E-state index contributed by atoms with van der Waals surface area (Å²) >= 11 is 5.20. The minimum Gasteiger partial charge on any atom is -0.494 e. The van der Waals surface area contributed by atoms with E-state index in [-0.39, 0.29) is 16.9 Å². The van der Waals surface area contributed by atoms with Gasteiger partial charge in [0.2, 0.25) is 0 Å². The number of nitrogens with one attached hydrogen (secondary N) is 3. The maximum absolute atomic E-state index is 12.4. The molecule has 7 nitrogen and oxygen atoms in total. The molecule has 0 aliphatic heterocycles. The van der Waals surface area contributed by atoms with Crippen LogP contribution in [-0.2, 0) is 4.74 Å². The number of carbonyl (C=O) groups is 2. The smallest absolute Gasteiger partial charge is 0.257 e. The number of hydrogen-bond acceptors (Lipinski definition) is 5. The summed E-state index contributed by atoms with van der Waals surface area (Å²) in [5.41, 5.74) is 1.63. The molecule has 2 rings (SSSR count). The van der Waals surface area contributed by atoms with Crippen LogP contribution in [0.25, 0.3) is 0 Å². The van der Waals surface area contributed by atoms with Crippen molar-refractivity contribution in [2.45, 2.75) is 13.3 Å². The lowest BCUT2D eigenvalue weighted by atomic mass is 10.2. The van der Waals surface area contributed by atoms with Gasteiger partial charge in [-0.2, -0.15) is 0 Å². The summed E-state index contributed by atoms with van der Waals surface area (Å²) in [5, 5.41) is 8.46. The lowest BCUT2D eigenvalue weighted by Gasteiger charge is -2.11. The predicted molar refractivity (Wildman–Crippen MR) is 117 cm³/mol. The zero-order valence-electron chi connectivity index (χ0n) is 16.5. The van der Waals surface area contributed by atoms with Crippen LogP contribution in [0.3, 0.4) is 0 Å².